The normalized spacial score (nSPS) is 12.7. The van der Waals surface area contributed by atoms with Crippen molar-refractivity contribution in [1.82, 2.24) is 10.2 Å². The van der Waals surface area contributed by atoms with Crippen molar-refractivity contribution in [3.05, 3.63) is 89.0 Å². The largest absolute Gasteiger partial charge is 0.495 e. The third kappa shape index (κ3) is 7.70. The van der Waals surface area contributed by atoms with Gasteiger partial charge in [0, 0.05) is 12.6 Å². The number of sulfonamides is 1. The lowest BCUT2D eigenvalue weighted by atomic mass is 10.1. The molecule has 42 heavy (non-hydrogen) atoms. The predicted molar refractivity (Wildman–Crippen MR) is 167 cm³/mol. The van der Waals surface area contributed by atoms with Crippen molar-refractivity contribution in [2.24, 2.45) is 0 Å². The van der Waals surface area contributed by atoms with Gasteiger partial charge in [0.2, 0.25) is 11.8 Å². The maximum Gasteiger partial charge on any atom is 0.264 e. The lowest BCUT2D eigenvalue weighted by Gasteiger charge is -2.34. The molecule has 2 atom stereocenters. The average Bonchev–Trinajstić information content (AvgIpc) is 2.96. The topological polar surface area (TPSA) is 96.0 Å². The number of rotatable bonds is 13. The smallest absolute Gasteiger partial charge is 0.264 e. The van der Waals surface area contributed by atoms with E-state index in [-0.39, 0.29) is 29.1 Å². The molecule has 3 aromatic carbocycles. The molecule has 9 heteroatoms. The van der Waals surface area contributed by atoms with Gasteiger partial charge in [0.1, 0.15) is 18.3 Å². The third-order valence-electron chi connectivity index (χ3n) is 7.48. The van der Waals surface area contributed by atoms with E-state index in [1.54, 1.807) is 24.3 Å². The second kappa shape index (κ2) is 14.4. The fraction of sp³-hybridized carbons (Fsp3) is 0.394. The standard InChI is InChI=1S/C33H43N3O5S/c1-8-26(6)34-33(38)29(9-2)35(21-27-13-11-10-12-25(27)5)32(37)22-36(30-20-24(4)16-19-31(30)41-7)42(39,40)28-17-14-23(3)15-18-28/h10-20,26,29H,8-9,21-22H2,1-7H3,(H,34,38). The number of anilines is 1. The molecule has 0 radical (unpaired) electrons. The zero-order chi connectivity index (χ0) is 31.0. The molecule has 2 amide bonds. The second-order valence-corrected chi connectivity index (χ2v) is 12.6. The SMILES string of the molecule is CCC(C)NC(=O)C(CC)N(Cc1ccccc1C)C(=O)CN(c1cc(C)ccc1OC)S(=O)(=O)c1ccc(C)cc1. The van der Waals surface area contributed by atoms with Crippen molar-refractivity contribution in [3.63, 3.8) is 0 Å². The van der Waals surface area contributed by atoms with Crippen molar-refractivity contribution in [1.29, 1.82) is 0 Å². The Balaban J connectivity index is 2.14. The van der Waals surface area contributed by atoms with Crippen molar-refractivity contribution in [2.45, 2.75) is 77.9 Å². The van der Waals surface area contributed by atoms with Crippen LogP contribution in [0, 0.1) is 20.8 Å². The number of carbonyl (C=O) groups excluding carboxylic acids is 2. The van der Waals surface area contributed by atoms with Gasteiger partial charge in [-0.3, -0.25) is 13.9 Å². The van der Waals surface area contributed by atoms with Crippen LogP contribution in [0.5, 0.6) is 5.75 Å². The highest BCUT2D eigenvalue weighted by Crippen LogP contribution is 2.34. The highest BCUT2D eigenvalue weighted by atomic mass is 32.2. The Kier molecular flexibility index (Phi) is 11.2. The minimum atomic E-state index is -4.20. The van der Waals surface area contributed by atoms with Crippen LogP contribution in [0.4, 0.5) is 5.69 Å². The first-order valence-electron chi connectivity index (χ1n) is 14.3. The Morgan fingerprint density at radius 2 is 1.55 bits per heavy atom. The summed E-state index contributed by atoms with van der Waals surface area (Å²) in [6.45, 7) is 11.0. The van der Waals surface area contributed by atoms with Gasteiger partial charge < -0.3 is 15.0 Å². The summed E-state index contributed by atoms with van der Waals surface area (Å²) in [7, 11) is -2.74. The van der Waals surface area contributed by atoms with Crippen molar-refractivity contribution >= 4 is 27.5 Å². The third-order valence-corrected chi connectivity index (χ3v) is 9.25. The number of nitrogens with one attached hydrogen (secondary N) is 1. The Bertz CT molecular complexity index is 1490. The molecule has 0 aromatic heterocycles. The number of hydrogen-bond acceptors (Lipinski definition) is 5. The van der Waals surface area contributed by atoms with Gasteiger partial charge in [-0.05, 0) is 81.5 Å². The van der Waals surface area contributed by atoms with E-state index in [9.17, 15) is 18.0 Å². The summed E-state index contributed by atoms with van der Waals surface area (Å²) in [6.07, 6.45) is 1.10. The van der Waals surface area contributed by atoms with Crippen LogP contribution in [0.1, 0.15) is 55.9 Å². The van der Waals surface area contributed by atoms with Gasteiger partial charge in [0.25, 0.3) is 10.0 Å². The highest BCUT2D eigenvalue weighted by Gasteiger charge is 2.35. The fourth-order valence-electron chi connectivity index (χ4n) is 4.68. The van der Waals surface area contributed by atoms with Gasteiger partial charge in [-0.2, -0.15) is 0 Å². The molecule has 0 fully saturated rings. The van der Waals surface area contributed by atoms with E-state index in [0.29, 0.717) is 12.2 Å². The van der Waals surface area contributed by atoms with E-state index < -0.39 is 28.5 Å². The zero-order valence-corrected chi connectivity index (χ0v) is 26.5. The number of ether oxygens (including phenoxy) is 1. The first-order valence-corrected chi connectivity index (χ1v) is 15.7. The fourth-order valence-corrected chi connectivity index (χ4v) is 6.09. The molecular formula is C33H43N3O5S. The number of methoxy groups -OCH3 is 1. The van der Waals surface area contributed by atoms with Gasteiger partial charge in [0.15, 0.2) is 0 Å². The molecule has 3 aromatic rings. The summed E-state index contributed by atoms with van der Waals surface area (Å²) < 4.78 is 35.0. The van der Waals surface area contributed by atoms with Crippen molar-refractivity contribution in [2.75, 3.05) is 18.0 Å². The summed E-state index contributed by atoms with van der Waals surface area (Å²) in [5.41, 5.74) is 3.81. The quantitative estimate of drug-likeness (QED) is 0.281. The molecule has 8 nitrogen and oxygen atoms in total. The lowest BCUT2D eigenvalue weighted by molar-refractivity contribution is -0.140. The van der Waals surface area contributed by atoms with E-state index in [4.69, 9.17) is 4.74 Å². The van der Waals surface area contributed by atoms with Crippen LogP contribution in [-0.2, 0) is 26.2 Å². The minimum absolute atomic E-state index is 0.0523. The molecule has 0 aliphatic rings. The number of nitrogens with zero attached hydrogens (tertiary/aromatic N) is 2. The Morgan fingerprint density at radius 1 is 0.905 bits per heavy atom. The Morgan fingerprint density at radius 3 is 2.14 bits per heavy atom. The van der Waals surface area contributed by atoms with Crippen molar-refractivity contribution < 1.29 is 22.7 Å². The van der Waals surface area contributed by atoms with E-state index in [2.05, 4.69) is 5.32 Å². The molecule has 0 bridgehead atoms. The molecule has 0 aliphatic carbocycles. The van der Waals surface area contributed by atoms with E-state index in [1.165, 1.54) is 24.1 Å². The second-order valence-electron chi connectivity index (χ2n) is 10.7. The van der Waals surface area contributed by atoms with Crippen LogP contribution in [0.2, 0.25) is 0 Å². The van der Waals surface area contributed by atoms with E-state index >= 15 is 0 Å². The average molecular weight is 594 g/mol. The number of amides is 2. The van der Waals surface area contributed by atoms with Gasteiger partial charge >= 0.3 is 0 Å². The van der Waals surface area contributed by atoms with Crippen LogP contribution in [0.15, 0.2) is 71.6 Å². The van der Waals surface area contributed by atoms with Gasteiger partial charge in [-0.1, -0.05) is 61.9 Å². The summed E-state index contributed by atoms with van der Waals surface area (Å²) >= 11 is 0. The molecule has 1 N–H and O–H groups in total. The van der Waals surface area contributed by atoms with Crippen LogP contribution in [0.3, 0.4) is 0 Å². The number of carbonyl (C=O) groups is 2. The predicted octanol–water partition coefficient (Wildman–Crippen LogP) is 5.54. The molecule has 0 spiro atoms. The molecule has 3 rings (SSSR count). The molecule has 0 aliphatic heterocycles. The maximum atomic E-state index is 14.3. The van der Waals surface area contributed by atoms with E-state index in [1.807, 2.05) is 71.9 Å². The molecular weight excluding hydrogens is 550 g/mol. The minimum Gasteiger partial charge on any atom is -0.495 e. The lowest BCUT2D eigenvalue weighted by Crippen LogP contribution is -2.53. The number of aryl methyl sites for hydroxylation is 3. The number of benzene rings is 3. The summed E-state index contributed by atoms with van der Waals surface area (Å²) in [5.74, 6) is -0.449. The first-order chi connectivity index (χ1) is 19.9. The van der Waals surface area contributed by atoms with Crippen LogP contribution in [0.25, 0.3) is 0 Å². The molecule has 2 unspecified atom stereocenters. The molecule has 0 saturated carbocycles. The summed E-state index contributed by atoms with van der Waals surface area (Å²) in [6, 6.07) is 18.5. The summed E-state index contributed by atoms with van der Waals surface area (Å²) in [5, 5.41) is 3.00. The number of hydrogen-bond donors (Lipinski definition) is 1. The highest BCUT2D eigenvalue weighted by molar-refractivity contribution is 7.92. The van der Waals surface area contributed by atoms with Gasteiger partial charge in [-0.15, -0.1) is 0 Å². The Hall–Kier alpha value is -3.85. The maximum absolute atomic E-state index is 14.3. The Labute approximate surface area is 250 Å². The van der Waals surface area contributed by atoms with Crippen molar-refractivity contribution in [3.8, 4) is 5.75 Å². The van der Waals surface area contributed by atoms with Crippen LogP contribution < -0.4 is 14.4 Å². The van der Waals surface area contributed by atoms with Gasteiger partial charge in [-0.25, -0.2) is 8.42 Å². The van der Waals surface area contributed by atoms with Crippen LogP contribution in [-0.4, -0.2) is 50.9 Å². The zero-order valence-electron chi connectivity index (χ0n) is 25.7. The first kappa shape index (κ1) is 32.7. The molecule has 0 heterocycles. The van der Waals surface area contributed by atoms with E-state index in [0.717, 1.165) is 33.0 Å². The monoisotopic (exact) mass is 593 g/mol. The molecule has 226 valence electrons. The molecule has 0 saturated heterocycles. The van der Waals surface area contributed by atoms with Gasteiger partial charge in [0.05, 0.1) is 17.7 Å². The van der Waals surface area contributed by atoms with Crippen LogP contribution >= 0.6 is 0 Å². The summed E-state index contributed by atoms with van der Waals surface area (Å²) in [4.78, 5) is 29.3.